The molecule has 124 valence electrons. The molecule has 0 fully saturated rings. The number of nitrogens with one attached hydrogen (secondary N) is 1. The van der Waals surface area contributed by atoms with Crippen molar-refractivity contribution in [1.29, 1.82) is 0 Å². The summed E-state index contributed by atoms with van der Waals surface area (Å²) in [7, 11) is 1.55. The van der Waals surface area contributed by atoms with Crippen LogP contribution in [0.3, 0.4) is 0 Å². The second kappa shape index (κ2) is 8.07. The minimum atomic E-state index is -0.582. The maximum absolute atomic E-state index is 11.8. The van der Waals surface area contributed by atoms with Crippen LogP contribution in [0.4, 0.5) is 5.69 Å². The predicted octanol–water partition coefficient (Wildman–Crippen LogP) is 2.95. The Morgan fingerprint density at radius 2 is 2.17 bits per heavy atom. The summed E-state index contributed by atoms with van der Waals surface area (Å²) in [4.78, 5) is 22.1. The largest absolute Gasteiger partial charge is 0.497 e. The standard InChI is InChI=1S/C16H14ClN3O4/c1-24-13-4-2-3-11(7-13)9-16(21)19-18-10-12-5-6-14(17)15(8-12)20(22)23/h2-8,10H,9H2,1H3,(H,19,21)/b18-10+. The first-order chi connectivity index (χ1) is 11.5. The van der Waals surface area contributed by atoms with E-state index in [1.807, 2.05) is 0 Å². The summed E-state index contributed by atoms with van der Waals surface area (Å²) >= 11 is 5.72. The molecule has 0 saturated heterocycles. The molecule has 7 nitrogen and oxygen atoms in total. The number of hydrogen-bond acceptors (Lipinski definition) is 5. The summed E-state index contributed by atoms with van der Waals surface area (Å²) < 4.78 is 5.09. The molecule has 2 aromatic rings. The van der Waals surface area contributed by atoms with Gasteiger partial charge in [0.25, 0.3) is 5.69 Å². The summed E-state index contributed by atoms with van der Waals surface area (Å²) in [6, 6.07) is 11.4. The fourth-order valence-corrected chi connectivity index (χ4v) is 2.12. The predicted molar refractivity (Wildman–Crippen MR) is 90.5 cm³/mol. The van der Waals surface area contributed by atoms with Gasteiger partial charge in [0.15, 0.2) is 0 Å². The number of ether oxygens (including phenoxy) is 1. The number of carbonyl (C=O) groups is 1. The molecule has 0 radical (unpaired) electrons. The molecule has 1 amide bonds. The van der Waals surface area contributed by atoms with Gasteiger partial charge in [-0.15, -0.1) is 0 Å². The van der Waals surface area contributed by atoms with Crippen LogP contribution in [0.5, 0.6) is 5.75 Å². The molecule has 0 aliphatic carbocycles. The van der Waals surface area contributed by atoms with Gasteiger partial charge in [-0.1, -0.05) is 29.8 Å². The topological polar surface area (TPSA) is 93.8 Å². The normalized spacial score (nSPS) is 10.6. The van der Waals surface area contributed by atoms with Crippen molar-refractivity contribution >= 4 is 29.4 Å². The van der Waals surface area contributed by atoms with Crippen LogP contribution in [0.1, 0.15) is 11.1 Å². The number of amides is 1. The van der Waals surface area contributed by atoms with Gasteiger partial charge < -0.3 is 4.74 Å². The van der Waals surface area contributed by atoms with Gasteiger partial charge in [0.2, 0.25) is 5.91 Å². The van der Waals surface area contributed by atoms with E-state index in [0.29, 0.717) is 11.3 Å². The van der Waals surface area contributed by atoms with Crippen LogP contribution < -0.4 is 10.2 Å². The molecule has 0 aromatic heterocycles. The van der Waals surface area contributed by atoms with Crippen molar-refractivity contribution in [3.8, 4) is 5.75 Å². The molecule has 1 N–H and O–H groups in total. The van der Waals surface area contributed by atoms with Gasteiger partial charge in [-0.2, -0.15) is 5.10 Å². The van der Waals surface area contributed by atoms with Gasteiger partial charge in [0, 0.05) is 11.6 Å². The SMILES string of the molecule is COc1cccc(CC(=O)N/N=C/c2ccc(Cl)c([N+](=O)[O-])c2)c1. The molecule has 0 heterocycles. The van der Waals surface area contributed by atoms with Crippen LogP contribution >= 0.6 is 11.6 Å². The first-order valence-electron chi connectivity index (χ1n) is 6.88. The number of rotatable bonds is 6. The zero-order valence-corrected chi connectivity index (χ0v) is 13.5. The smallest absolute Gasteiger partial charge is 0.288 e. The van der Waals surface area contributed by atoms with Gasteiger partial charge in [0.05, 0.1) is 24.7 Å². The number of hydrazone groups is 1. The summed E-state index contributed by atoms with van der Waals surface area (Å²) in [5.74, 6) is 0.347. The van der Waals surface area contributed by atoms with Crippen molar-refractivity contribution in [2.75, 3.05) is 7.11 Å². The molecule has 0 saturated carbocycles. The molecule has 0 atom stereocenters. The molecule has 2 rings (SSSR count). The molecule has 24 heavy (non-hydrogen) atoms. The minimum Gasteiger partial charge on any atom is -0.497 e. The number of methoxy groups -OCH3 is 1. The van der Waals surface area contributed by atoms with E-state index in [9.17, 15) is 14.9 Å². The van der Waals surface area contributed by atoms with Gasteiger partial charge in [-0.25, -0.2) is 5.43 Å². The first-order valence-corrected chi connectivity index (χ1v) is 7.26. The Kier molecular flexibility index (Phi) is 5.86. The van der Waals surface area contributed by atoms with Gasteiger partial charge in [0.1, 0.15) is 10.8 Å². The van der Waals surface area contributed by atoms with E-state index >= 15 is 0 Å². The Hall–Kier alpha value is -2.93. The van der Waals surface area contributed by atoms with Crippen molar-refractivity contribution in [2.24, 2.45) is 5.10 Å². The van der Waals surface area contributed by atoms with Crippen molar-refractivity contribution in [1.82, 2.24) is 5.43 Å². The lowest BCUT2D eigenvalue weighted by atomic mass is 10.1. The lowest BCUT2D eigenvalue weighted by Crippen LogP contribution is -2.19. The molecule has 0 unspecified atom stereocenters. The Balaban J connectivity index is 1.97. The fraction of sp³-hybridized carbons (Fsp3) is 0.125. The summed E-state index contributed by atoms with van der Waals surface area (Å²) in [5, 5.41) is 14.6. The molecular formula is C16H14ClN3O4. The van der Waals surface area contributed by atoms with Gasteiger partial charge in [-0.05, 0) is 23.8 Å². The number of benzene rings is 2. The zero-order valence-electron chi connectivity index (χ0n) is 12.7. The number of nitro benzene ring substituents is 1. The maximum Gasteiger partial charge on any atom is 0.288 e. The minimum absolute atomic E-state index is 0.0409. The molecule has 0 bridgehead atoms. The number of carbonyl (C=O) groups excluding carboxylic acids is 1. The molecule has 0 aliphatic heterocycles. The van der Waals surface area contributed by atoms with Crippen molar-refractivity contribution in [2.45, 2.75) is 6.42 Å². The Labute approximate surface area is 143 Å². The molecule has 8 heteroatoms. The summed E-state index contributed by atoms with van der Waals surface area (Å²) in [5.41, 5.74) is 3.38. The highest BCUT2D eigenvalue weighted by molar-refractivity contribution is 6.32. The highest BCUT2D eigenvalue weighted by Gasteiger charge is 2.11. The lowest BCUT2D eigenvalue weighted by molar-refractivity contribution is -0.384. The number of hydrogen-bond donors (Lipinski definition) is 1. The lowest BCUT2D eigenvalue weighted by Gasteiger charge is -2.03. The van der Waals surface area contributed by atoms with Crippen LogP contribution in [0.15, 0.2) is 47.6 Å². The average molecular weight is 348 g/mol. The first kappa shape index (κ1) is 17.4. The van der Waals surface area contributed by atoms with E-state index in [-0.39, 0.29) is 23.0 Å². The van der Waals surface area contributed by atoms with E-state index in [0.717, 1.165) is 5.56 Å². The van der Waals surface area contributed by atoms with Crippen molar-refractivity contribution in [3.63, 3.8) is 0 Å². The van der Waals surface area contributed by atoms with E-state index in [1.54, 1.807) is 37.4 Å². The van der Waals surface area contributed by atoms with E-state index in [1.165, 1.54) is 18.3 Å². The molecule has 2 aromatic carbocycles. The Morgan fingerprint density at radius 1 is 1.38 bits per heavy atom. The highest BCUT2D eigenvalue weighted by Crippen LogP contribution is 2.24. The monoisotopic (exact) mass is 347 g/mol. The van der Waals surface area contributed by atoms with Crippen molar-refractivity contribution < 1.29 is 14.5 Å². The third kappa shape index (κ3) is 4.79. The Bertz CT molecular complexity index is 793. The zero-order chi connectivity index (χ0) is 17.5. The molecule has 0 aliphatic rings. The fourth-order valence-electron chi connectivity index (χ4n) is 1.94. The number of nitrogens with zero attached hydrogens (tertiary/aromatic N) is 2. The van der Waals surface area contributed by atoms with Crippen LogP contribution in [-0.2, 0) is 11.2 Å². The second-order valence-electron chi connectivity index (χ2n) is 4.79. The third-order valence-electron chi connectivity index (χ3n) is 3.07. The number of nitro groups is 1. The third-order valence-corrected chi connectivity index (χ3v) is 3.39. The summed E-state index contributed by atoms with van der Waals surface area (Å²) in [6.45, 7) is 0. The highest BCUT2D eigenvalue weighted by atomic mass is 35.5. The van der Waals surface area contributed by atoms with Crippen LogP contribution in [0, 0.1) is 10.1 Å². The maximum atomic E-state index is 11.8. The second-order valence-corrected chi connectivity index (χ2v) is 5.20. The quantitative estimate of drug-likeness (QED) is 0.494. The number of halogens is 1. The molecule has 0 spiro atoms. The van der Waals surface area contributed by atoms with Crippen molar-refractivity contribution in [3.05, 3.63) is 68.7 Å². The Morgan fingerprint density at radius 3 is 2.88 bits per heavy atom. The van der Waals surface area contributed by atoms with E-state index in [2.05, 4.69) is 10.5 Å². The van der Waals surface area contributed by atoms with Gasteiger partial charge >= 0.3 is 0 Å². The van der Waals surface area contributed by atoms with Crippen LogP contribution in [-0.4, -0.2) is 24.2 Å². The summed E-state index contributed by atoms with van der Waals surface area (Å²) in [6.07, 6.45) is 1.45. The average Bonchev–Trinajstić information content (AvgIpc) is 2.56. The molecular weight excluding hydrogens is 334 g/mol. The van der Waals surface area contributed by atoms with Crippen LogP contribution in [0.2, 0.25) is 5.02 Å². The van der Waals surface area contributed by atoms with Crippen LogP contribution in [0.25, 0.3) is 0 Å². The van der Waals surface area contributed by atoms with E-state index in [4.69, 9.17) is 16.3 Å². The van der Waals surface area contributed by atoms with E-state index < -0.39 is 4.92 Å². The van der Waals surface area contributed by atoms with Gasteiger partial charge in [-0.3, -0.25) is 14.9 Å².